The Hall–Kier alpha value is -4.44. The smallest absolute Gasteiger partial charge is 0.405 e. The van der Waals surface area contributed by atoms with Crippen molar-refractivity contribution in [2.24, 2.45) is 5.92 Å². The molecule has 304 valence electrons. The van der Waals surface area contributed by atoms with E-state index in [0.29, 0.717) is 69.7 Å². The van der Waals surface area contributed by atoms with Crippen molar-refractivity contribution in [2.75, 3.05) is 26.9 Å². The molecular formula is C40H53N5O10S. The maximum absolute atomic E-state index is 14.6. The molecule has 56 heavy (non-hydrogen) atoms. The molecule has 5 aliphatic rings. The van der Waals surface area contributed by atoms with Crippen molar-refractivity contribution >= 4 is 44.7 Å². The molecule has 1 aromatic carbocycles. The molecule has 2 aromatic rings. The molecule has 4 N–H and O–H groups in total. The van der Waals surface area contributed by atoms with Gasteiger partial charge in [0.2, 0.25) is 21.8 Å². The number of rotatable bonds is 10. The summed E-state index contributed by atoms with van der Waals surface area (Å²) in [5.41, 5.74) is -0.0646. The zero-order valence-corrected chi connectivity index (χ0v) is 33.2. The fourth-order valence-corrected chi connectivity index (χ4v) is 9.76. The van der Waals surface area contributed by atoms with E-state index in [1.165, 1.54) is 4.90 Å². The van der Waals surface area contributed by atoms with Gasteiger partial charge < -0.3 is 34.9 Å². The van der Waals surface area contributed by atoms with E-state index in [9.17, 15) is 32.7 Å². The van der Waals surface area contributed by atoms with Crippen molar-refractivity contribution in [1.82, 2.24) is 25.2 Å². The lowest BCUT2D eigenvalue weighted by molar-refractivity contribution is -0.141. The number of carboxylic acid groups (broad SMARTS) is 1. The molecule has 1 aromatic heterocycles. The number of ether oxygens (including phenoxy) is 3. The maximum Gasteiger partial charge on any atom is 0.405 e. The summed E-state index contributed by atoms with van der Waals surface area (Å²) in [5, 5.41) is 15.9. The molecule has 0 radical (unpaired) electrons. The number of pyridine rings is 1. The van der Waals surface area contributed by atoms with Crippen LogP contribution < -0.4 is 24.8 Å². The highest BCUT2D eigenvalue weighted by Crippen LogP contribution is 2.49. The van der Waals surface area contributed by atoms with Crippen molar-refractivity contribution < 1.29 is 46.9 Å². The highest BCUT2D eigenvalue weighted by Gasteiger charge is 2.64. The van der Waals surface area contributed by atoms with Crippen LogP contribution in [0.2, 0.25) is 0 Å². The summed E-state index contributed by atoms with van der Waals surface area (Å²) < 4.78 is 45.7. The number of allylic oxidation sites excluding steroid dienone is 1. The minimum absolute atomic E-state index is 0.000261. The van der Waals surface area contributed by atoms with Crippen LogP contribution in [0.4, 0.5) is 4.79 Å². The monoisotopic (exact) mass is 795 g/mol. The van der Waals surface area contributed by atoms with Gasteiger partial charge in [-0.15, -0.1) is 0 Å². The molecule has 16 heteroatoms. The first-order valence-electron chi connectivity index (χ1n) is 19.9. The van der Waals surface area contributed by atoms with E-state index in [1.807, 2.05) is 37.3 Å². The lowest BCUT2D eigenvalue weighted by Gasteiger charge is -2.37. The number of hydrogen-bond acceptors (Lipinski definition) is 10. The second kappa shape index (κ2) is 15.5. The van der Waals surface area contributed by atoms with Crippen molar-refractivity contribution in [3.05, 3.63) is 41.6 Å². The van der Waals surface area contributed by atoms with Crippen molar-refractivity contribution in [2.45, 2.75) is 125 Å². The summed E-state index contributed by atoms with van der Waals surface area (Å²) in [6.45, 7) is 4.64. The summed E-state index contributed by atoms with van der Waals surface area (Å²) in [5.74, 6) is -1.14. The normalized spacial score (nSPS) is 29.1. The zero-order chi connectivity index (χ0) is 39.9. The van der Waals surface area contributed by atoms with Crippen LogP contribution in [0.25, 0.3) is 10.9 Å². The number of aryl methyl sites for hydroxylation is 2. The molecule has 3 fully saturated rings. The lowest BCUT2D eigenvalue weighted by atomic mass is 9.87. The van der Waals surface area contributed by atoms with E-state index in [4.69, 9.17) is 19.2 Å². The molecule has 5 atom stereocenters. The number of carbonyl (C=O) groups is 4. The summed E-state index contributed by atoms with van der Waals surface area (Å²) in [6.07, 6.45) is 8.87. The maximum atomic E-state index is 14.6. The fourth-order valence-electron chi connectivity index (χ4n) is 8.45. The van der Waals surface area contributed by atoms with E-state index in [-0.39, 0.29) is 25.8 Å². The van der Waals surface area contributed by atoms with Crippen LogP contribution in [-0.4, -0.2) is 102 Å². The van der Waals surface area contributed by atoms with Crippen LogP contribution in [0.15, 0.2) is 30.4 Å². The van der Waals surface area contributed by atoms with Gasteiger partial charge in [0.25, 0.3) is 5.91 Å². The molecule has 2 saturated carbocycles. The Bertz CT molecular complexity index is 2040. The van der Waals surface area contributed by atoms with E-state index in [2.05, 4.69) is 15.4 Å². The number of amides is 4. The lowest BCUT2D eigenvalue weighted by Crippen LogP contribution is -2.58. The van der Waals surface area contributed by atoms with Crippen molar-refractivity contribution in [1.29, 1.82) is 0 Å². The molecule has 7 rings (SSSR count). The SMILES string of the molecule is CCc1nc2ccc(OCCCOC)cc2c2c1O[C@]1(CC2)C[C@H]2C(=O)N[C@]3(C(=O)NS(=O)(=O)C4(C)CC4)C[C@H]3/C=C\CCCCC[C@H](NC(=O)O)C(=O)N2C1. The first-order valence-corrected chi connectivity index (χ1v) is 21.3. The summed E-state index contributed by atoms with van der Waals surface area (Å²) in [4.78, 5) is 61.2. The average molecular weight is 796 g/mol. The van der Waals surface area contributed by atoms with Gasteiger partial charge in [-0.05, 0) is 82.9 Å². The van der Waals surface area contributed by atoms with Crippen LogP contribution >= 0.6 is 0 Å². The van der Waals surface area contributed by atoms with Gasteiger partial charge in [0.15, 0.2) is 0 Å². The van der Waals surface area contributed by atoms with Gasteiger partial charge in [0.1, 0.15) is 34.7 Å². The molecule has 0 bridgehead atoms. The minimum Gasteiger partial charge on any atom is -0.493 e. The quantitative estimate of drug-likeness (QED) is 0.201. The summed E-state index contributed by atoms with van der Waals surface area (Å²) in [6, 6.07) is 3.54. The Labute approximate surface area is 327 Å². The van der Waals surface area contributed by atoms with Gasteiger partial charge >= 0.3 is 6.09 Å². The molecular weight excluding hydrogens is 743 g/mol. The minimum atomic E-state index is -4.00. The van der Waals surface area contributed by atoms with Crippen molar-refractivity contribution in [3.63, 3.8) is 0 Å². The molecule has 4 amide bonds. The van der Waals surface area contributed by atoms with Gasteiger partial charge in [-0.1, -0.05) is 31.9 Å². The summed E-state index contributed by atoms with van der Waals surface area (Å²) in [7, 11) is -2.35. The fraction of sp³-hybridized carbons (Fsp3) is 0.625. The number of carbonyl (C=O) groups excluding carboxylic acids is 3. The predicted octanol–water partition coefficient (Wildman–Crippen LogP) is 3.91. The Kier molecular flexibility index (Phi) is 11.0. The Morgan fingerprint density at radius 2 is 1.93 bits per heavy atom. The largest absolute Gasteiger partial charge is 0.493 e. The van der Waals surface area contributed by atoms with E-state index >= 15 is 0 Å². The third-order valence-corrected chi connectivity index (χ3v) is 14.4. The van der Waals surface area contributed by atoms with E-state index in [0.717, 1.165) is 41.4 Å². The van der Waals surface area contributed by atoms with Crippen LogP contribution in [0, 0.1) is 5.92 Å². The van der Waals surface area contributed by atoms with Gasteiger partial charge in [-0.25, -0.2) is 18.2 Å². The second-order valence-electron chi connectivity index (χ2n) is 16.3. The second-order valence-corrected chi connectivity index (χ2v) is 18.5. The topological polar surface area (TPSA) is 203 Å². The molecule has 2 aliphatic carbocycles. The molecule has 4 heterocycles. The van der Waals surface area contributed by atoms with Gasteiger partial charge in [0, 0.05) is 43.4 Å². The standard InChI is InChI=1S/C40H53N5O10S/c1-4-29-33-27(28-21-26(13-14-30(28)41-29)54-20-10-19-53-3)15-16-39(55-33)23-32-34(46)43-40(36(48)44-56(51,52)38(2)17-18-38)22-25(40)11-8-6-5-7-9-12-31(42-37(49)50)35(47)45(32)24-39/h8,11,13-14,21,25,31-32,42H,4-7,9-10,12,15-20,22-24H2,1-3H3,(H,43,46)(H,44,48)(H,49,50)/b11-8-/t25-,31+,32+,39-,40-/m1/s1. The number of fused-ring (bicyclic) bond motifs is 5. The third kappa shape index (κ3) is 7.78. The molecule has 1 spiro atoms. The summed E-state index contributed by atoms with van der Waals surface area (Å²) >= 11 is 0. The van der Waals surface area contributed by atoms with Crippen LogP contribution in [0.5, 0.6) is 11.5 Å². The first kappa shape index (κ1) is 39.8. The highest BCUT2D eigenvalue weighted by molar-refractivity contribution is 7.91. The number of benzene rings is 1. The highest BCUT2D eigenvalue weighted by atomic mass is 32.2. The van der Waals surface area contributed by atoms with Crippen LogP contribution in [-0.2, 0) is 42.0 Å². The molecule has 0 unspecified atom stereocenters. The van der Waals surface area contributed by atoms with Crippen LogP contribution in [0.3, 0.4) is 0 Å². The van der Waals surface area contributed by atoms with Gasteiger partial charge in [0.05, 0.1) is 29.1 Å². The first-order chi connectivity index (χ1) is 26.7. The molecule has 15 nitrogen and oxygen atoms in total. The number of methoxy groups -OCH3 is 1. The number of nitrogens with one attached hydrogen (secondary N) is 3. The number of nitrogens with zero attached hydrogens (tertiary/aromatic N) is 2. The van der Waals surface area contributed by atoms with E-state index in [1.54, 1.807) is 14.0 Å². The Morgan fingerprint density at radius 3 is 2.66 bits per heavy atom. The zero-order valence-electron chi connectivity index (χ0n) is 32.4. The molecule has 3 aliphatic heterocycles. The Morgan fingerprint density at radius 1 is 1.12 bits per heavy atom. The van der Waals surface area contributed by atoms with Gasteiger partial charge in [-0.2, -0.15) is 0 Å². The van der Waals surface area contributed by atoms with Crippen molar-refractivity contribution in [3.8, 4) is 11.5 Å². The number of sulfonamides is 1. The number of hydrogen-bond donors (Lipinski definition) is 4. The Balaban J connectivity index is 1.22. The number of aromatic nitrogens is 1. The average Bonchev–Trinajstić information content (AvgIpc) is 4.06. The van der Waals surface area contributed by atoms with E-state index < -0.39 is 67.7 Å². The van der Waals surface area contributed by atoms with Crippen LogP contribution in [0.1, 0.15) is 95.7 Å². The molecule has 1 saturated heterocycles. The third-order valence-electron chi connectivity index (χ3n) is 12.2. The predicted molar refractivity (Wildman–Crippen MR) is 206 cm³/mol. The van der Waals surface area contributed by atoms with Gasteiger partial charge in [-0.3, -0.25) is 19.1 Å².